The molecule has 1 heterocycles. The van der Waals surface area contributed by atoms with Gasteiger partial charge in [0, 0.05) is 18.7 Å². The molecular formula is C17H26ClNO3. The number of unbranched alkanes of at least 4 members (excludes halogenated alkanes) is 1. The van der Waals surface area contributed by atoms with Crippen molar-refractivity contribution in [1.29, 1.82) is 0 Å². The normalized spacial score (nSPS) is 21.9. The number of carbonyl (C=O) groups is 1. The Morgan fingerprint density at radius 2 is 1.82 bits per heavy atom. The lowest BCUT2D eigenvalue weighted by molar-refractivity contribution is -0.0682. The number of rotatable bonds is 7. The summed E-state index contributed by atoms with van der Waals surface area (Å²) in [5.41, 5.74) is 0.679. The monoisotopic (exact) mass is 327 g/mol. The summed E-state index contributed by atoms with van der Waals surface area (Å²) in [6, 6.07) is 7.24. The van der Waals surface area contributed by atoms with Gasteiger partial charge < -0.3 is 9.47 Å². The van der Waals surface area contributed by atoms with Gasteiger partial charge in [0.05, 0.1) is 18.8 Å². The van der Waals surface area contributed by atoms with Crippen molar-refractivity contribution in [2.75, 3.05) is 26.2 Å². The highest BCUT2D eigenvalue weighted by atomic mass is 35.5. The number of ether oxygens (including phenoxy) is 2. The molecule has 2 unspecified atom stereocenters. The van der Waals surface area contributed by atoms with Crippen molar-refractivity contribution in [1.82, 2.24) is 4.90 Å². The van der Waals surface area contributed by atoms with Crippen LogP contribution in [-0.4, -0.2) is 49.6 Å². The maximum absolute atomic E-state index is 10.6. The third-order valence-corrected chi connectivity index (χ3v) is 3.65. The van der Waals surface area contributed by atoms with Gasteiger partial charge in [-0.15, -0.1) is 12.4 Å². The quantitative estimate of drug-likeness (QED) is 0.569. The van der Waals surface area contributed by atoms with Crippen LogP contribution < -0.4 is 4.74 Å². The first kappa shape index (κ1) is 18.9. The first-order valence-electron chi connectivity index (χ1n) is 7.73. The zero-order valence-corrected chi connectivity index (χ0v) is 14.2. The fourth-order valence-corrected chi connectivity index (χ4v) is 2.74. The van der Waals surface area contributed by atoms with Crippen LogP contribution in [0.4, 0.5) is 0 Å². The van der Waals surface area contributed by atoms with Gasteiger partial charge >= 0.3 is 0 Å². The average Bonchev–Trinajstić information content (AvgIpc) is 2.46. The summed E-state index contributed by atoms with van der Waals surface area (Å²) in [6.07, 6.45) is 3.68. The van der Waals surface area contributed by atoms with Crippen LogP contribution in [0.1, 0.15) is 37.0 Å². The molecule has 1 aromatic rings. The van der Waals surface area contributed by atoms with Crippen molar-refractivity contribution in [2.45, 2.75) is 38.9 Å². The first-order chi connectivity index (χ1) is 10.2. The summed E-state index contributed by atoms with van der Waals surface area (Å²) in [4.78, 5) is 13.0. The zero-order valence-electron chi connectivity index (χ0n) is 13.4. The van der Waals surface area contributed by atoms with E-state index in [1.165, 1.54) is 0 Å². The second-order valence-corrected chi connectivity index (χ2v) is 5.76. The summed E-state index contributed by atoms with van der Waals surface area (Å²) in [7, 11) is 0. The van der Waals surface area contributed by atoms with Crippen LogP contribution in [0.5, 0.6) is 5.75 Å². The summed E-state index contributed by atoms with van der Waals surface area (Å²) < 4.78 is 11.4. The molecule has 2 atom stereocenters. The van der Waals surface area contributed by atoms with Crippen LogP contribution in [0.15, 0.2) is 24.3 Å². The molecule has 0 saturated carbocycles. The molecule has 1 fully saturated rings. The molecule has 0 spiro atoms. The van der Waals surface area contributed by atoms with Gasteiger partial charge in [-0.3, -0.25) is 9.69 Å². The van der Waals surface area contributed by atoms with E-state index in [0.29, 0.717) is 17.8 Å². The van der Waals surface area contributed by atoms with Gasteiger partial charge in [0.2, 0.25) is 0 Å². The molecule has 2 rings (SSSR count). The van der Waals surface area contributed by atoms with Crippen LogP contribution in [0.3, 0.4) is 0 Å². The number of benzene rings is 1. The molecule has 0 aliphatic carbocycles. The summed E-state index contributed by atoms with van der Waals surface area (Å²) >= 11 is 0. The first-order valence-corrected chi connectivity index (χ1v) is 7.73. The maximum Gasteiger partial charge on any atom is 0.150 e. The van der Waals surface area contributed by atoms with Crippen molar-refractivity contribution in [3.05, 3.63) is 29.8 Å². The van der Waals surface area contributed by atoms with Crippen LogP contribution >= 0.6 is 12.4 Å². The van der Waals surface area contributed by atoms with E-state index in [2.05, 4.69) is 18.7 Å². The molecule has 1 aromatic carbocycles. The lowest BCUT2D eigenvalue weighted by atomic mass is 10.2. The average molecular weight is 328 g/mol. The largest absolute Gasteiger partial charge is 0.494 e. The van der Waals surface area contributed by atoms with Gasteiger partial charge in [-0.05, 0) is 57.5 Å². The predicted molar refractivity (Wildman–Crippen MR) is 90.3 cm³/mol. The second kappa shape index (κ2) is 9.82. The number of carbonyl (C=O) groups excluding carboxylic acids is 1. The summed E-state index contributed by atoms with van der Waals surface area (Å²) in [6.45, 7) is 8.14. The highest BCUT2D eigenvalue weighted by molar-refractivity contribution is 5.85. The Hall–Kier alpha value is -1.10. The molecule has 0 radical (unpaired) electrons. The fourth-order valence-electron chi connectivity index (χ4n) is 2.74. The Morgan fingerprint density at radius 1 is 1.18 bits per heavy atom. The summed E-state index contributed by atoms with van der Waals surface area (Å²) in [5.74, 6) is 0.828. The molecule has 1 aliphatic rings. The zero-order chi connectivity index (χ0) is 15.1. The predicted octanol–water partition coefficient (Wildman–Crippen LogP) is 3.19. The van der Waals surface area contributed by atoms with Crippen LogP contribution in [0.2, 0.25) is 0 Å². The van der Waals surface area contributed by atoms with Gasteiger partial charge in [0.25, 0.3) is 0 Å². The molecule has 0 amide bonds. The second-order valence-electron chi connectivity index (χ2n) is 5.76. The van der Waals surface area contributed by atoms with E-state index >= 15 is 0 Å². The molecule has 1 saturated heterocycles. The Bertz CT molecular complexity index is 428. The number of morpholine rings is 1. The highest BCUT2D eigenvalue weighted by Crippen LogP contribution is 2.13. The highest BCUT2D eigenvalue weighted by Gasteiger charge is 2.21. The minimum atomic E-state index is 0. The molecule has 4 nitrogen and oxygen atoms in total. The van der Waals surface area contributed by atoms with Gasteiger partial charge in [-0.25, -0.2) is 0 Å². The third kappa shape index (κ3) is 6.34. The number of aldehydes is 1. The Morgan fingerprint density at radius 3 is 2.41 bits per heavy atom. The number of hydrogen-bond acceptors (Lipinski definition) is 4. The van der Waals surface area contributed by atoms with E-state index in [-0.39, 0.29) is 12.4 Å². The number of hydrogen-bond donors (Lipinski definition) is 0. The molecule has 22 heavy (non-hydrogen) atoms. The van der Waals surface area contributed by atoms with Crippen molar-refractivity contribution in [2.24, 2.45) is 0 Å². The minimum Gasteiger partial charge on any atom is -0.494 e. The standard InChI is InChI=1S/C17H25NO3.ClH/c1-14-11-18(12-15(2)21-14)9-3-4-10-20-17-7-5-16(13-19)6-8-17;/h5-8,13-15H,3-4,9-12H2,1-2H3;1H. The molecule has 0 aromatic heterocycles. The van der Waals surface area contributed by atoms with Crippen molar-refractivity contribution < 1.29 is 14.3 Å². The van der Waals surface area contributed by atoms with E-state index in [0.717, 1.165) is 51.1 Å². The number of nitrogens with zero attached hydrogens (tertiary/aromatic N) is 1. The van der Waals surface area contributed by atoms with Crippen molar-refractivity contribution in [3.8, 4) is 5.75 Å². The van der Waals surface area contributed by atoms with Gasteiger partial charge in [-0.2, -0.15) is 0 Å². The smallest absolute Gasteiger partial charge is 0.150 e. The molecular weight excluding hydrogens is 302 g/mol. The topological polar surface area (TPSA) is 38.8 Å². The molecule has 0 bridgehead atoms. The Balaban J connectivity index is 0.00000242. The van der Waals surface area contributed by atoms with Crippen LogP contribution in [0.25, 0.3) is 0 Å². The molecule has 5 heteroatoms. The van der Waals surface area contributed by atoms with Crippen molar-refractivity contribution >= 4 is 18.7 Å². The Labute approximate surface area is 139 Å². The third-order valence-electron chi connectivity index (χ3n) is 3.65. The number of halogens is 1. The van der Waals surface area contributed by atoms with Gasteiger partial charge in [0.15, 0.2) is 0 Å². The summed E-state index contributed by atoms with van der Waals surface area (Å²) in [5, 5.41) is 0. The van der Waals surface area contributed by atoms with E-state index in [9.17, 15) is 4.79 Å². The maximum atomic E-state index is 10.6. The van der Waals surface area contributed by atoms with E-state index in [1.54, 1.807) is 12.1 Å². The van der Waals surface area contributed by atoms with E-state index in [4.69, 9.17) is 9.47 Å². The minimum absolute atomic E-state index is 0. The van der Waals surface area contributed by atoms with Gasteiger partial charge in [-0.1, -0.05) is 0 Å². The Kier molecular flexibility index (Phi) is 8.46. The lowest BCUT2D eigenvalue weighted by Crippen LogP contribution is -2.45. The van der Waals surface area contributed by atoms with E-state index < -0.39 is 0 Å². The van der Waals surface area contributed by atoms with Crippen LogP contribution in [-0.2, 0) is 4.74 Å². The van der Waals surface area contributed by atoms with E-state index in [1.807, 2.05) is 12.1 Å². The van der Waals surface area contributed by atoms with Crippen LogP contribution in [0, 0.1) is 0 Å². The molecule has 1 aliphatic heterocycles. The molecule has 124 valence electrons. The molecule has 0 N–H and O–H groups in total. The van der Waals surface area contributed by atoms with Gasteiger partial charge in [0.1, 0.15) is 12.0 Å². The fraction of sp³-hybridized carbons (Fsp3) is 0.588. The van der Waals surface area contributed by atoms with Crippen molar-refractivity contribution in [3.63, 3.8) is 0 Å². The SMILES string of the molecule is CC1CN(CCCCOc2ccc(C=O)cc2)CC(C)O1.Cl. The lowest BCUT2D eigenvalue weighted by Gasteiger charge is -2.35.